The molecule has 2 aromatic carbocycles. The van der Waals surface area contributed by atoms with E-state index in [4.69, 9.17) is 16.9 Å². The van der Waals surface area contributed by atoms with E-state index in [0.717, 1.165) is 24.3 Å². The molecular formula is C23H16ClFN6O3S. The third kappa shape index (κ3) is 5.03. The van der Waals surface area contributed by atoms with Crippen LogP contribution >= 0.6 is 11.6 Å². The summed E-state index contributed by atoms with van der Waals surface area (Å²) >= 11 is 6.12. The van der Waals surface area contributed by atoms with E-state index in [9.17, 15) is 17.6 Å². The Kier molecular flexibility index (Phi) is 6.59. The quantitative estimate of drug-likeness (QED) is 0.392. The number of hydrogen-bond acceptors (Lipinski definition) is 7. The average Bonchev–Trinajstić information content (AvgIpc) is 3.33. The number of nitrogens with zero attached hydrogens (tertiary/aromatic N) is 5. The van der Waals surface area contributed by atoms with Crippen LogP contribution in [0.1, 0.15) is 34.6 Å². The highest BCUT2D eigenvalue weighted by Gasteiger charge is 2.23. The fourth-order valence-corrected chi connectivity index (χ4v) is 4.90. The highest BCUT2D eigenvalue weighted by Crippen LogP contribution is 2.26. The summed E-state index contributed by atoms with van der Waals surface area (Å²) in [6.07, 6.45) is 5.75. The number of nitrogens with one attached hydrogen (secondary N) is 1. The number of rotatable bonds is 6. The maximum Gasteiger partial charge on any atom is 0.251 e. The smallest absolute Gasteiger partial charge is 0.251 e. The number of carbonyl (C=O) groups is 1. The van der Waals surface area contributed by atoms with Gasteiger partial charge in [0, 0.05) is 23.0 Å². The molecule has 0 aliphatic carbocycles. The SMILES string of the molecule is CC(NC(=O)c1cc(Cl)cc(S(=O)(=O)c2ccc(F)cc2)c1)c1nccnc1-n1cc(C#N)cn1. The maximum atomic E-state index is 13.2. The molecule has 2 heterocycles. The molecule has 1 N–H and O–H groups in total. The lowest BCUT2D eigenvalue weighted by Gasteiger charge is -2.16. The Hall–Kier alpha value is -4.14. The van der Waals surface area contributed by atoms with Gasteiger partial charge in [-0.3, -0.25) is 9.78 Å². The van der Waals surface area contributed by atoms with Crippen molar-refractivity contribution < 1.29 is 17.6 Å². The predicted octanol–water partition coefficient (Wildman–Crippen LogP) is 3.65. The molecule has 0 spiro atoms. The lowest BCUT2D eigenvalue weighted by molar-refractivity contribution is 0.0939. The van der Waals surface area contributed by atoms with Gasteiger partial charge in [0.2, 0.25) is 9.84 Å². The van der Waals surface area contributed by atoms with Crippen LogP contribution in [0.3, 0.4) is 0 Å². The van der Waals surface area contributed by atoms with Gasteiger partial charge in [-0.05, 0) is 49.4 Å². The highest BCUT2D eigenvalue weighted by molar-refractivity contribution is 7.91. The van der Waals surface area contributed by atoms with Gasteiger partial charge in [-0.25, -0.2) is 22.5 Å². The first-order valence-corrected chi connectivity index (χ1v) is 11.9. The molecule has 0 bridgehead atoms. The third-order valence-corrected chi connectivity index (χ3v) is 6.93. The number of nitriles is 1. The van der Waals surface area contributed by atoms with Crippen LogP contribution < -0.4 is 5.32 Å². The van der Waals surface area contributed by atoms with Gasteiger partial charge in [-0.15, -0.1) is 0 Å². The second kappa shape index (κ2) is 9.61. The molecule has 0 radical (unpaired) electrons. The van der Waals surface area contributed by atoms with Crippen LogP contribution in [0.2, 0.25) is 5.02 Å². The van der Waals surface area contributed by atoms with E-state index in [2.05, 4.69) is 20.4 Å². The molecular weight excluding hydrogens is 495 g/mol. The molecule has 4 aromatic rings. The zero-order valence-corrected chi connectivity index (χ0v) is 19.6. The van der Waals surface area contributed by atoms with E-state index in [0.29, 0.717) is 17.1 Å². The Labute approximate surface area is 204 Å². The standard InChI is InChI=1S/C23H16ClFN6O3S/c1-14(21-22(28-7-6-27-21)31-13-15(11-26)12-29-31)30-23(32)16-8-17(24)10-20(9-16)35(33,34)19-4-2-18(25)3-5-19/h2-10,12-14H,1H3,(H,30,32). The van der Waals surface area contributed by atoms with Crippen molar-refractivity contribution in [2.45, 2.75) is 22.8 Å². The zero-order valence-electron chi connectivity index (χ0n) is 18.1. The van der Waals surface area contributed by atoms with Gasteiger partial charge in [-0.2, -0.15) is 10.4 Å². The topological polar surface area (TPSA) is 131 Å². The monoisotopic (exact) mass is 510 g/mol. The Bertz CT molecular complexity index is 1560. The summed E-state index contributed by atoms with van der Waals surface area (Å²) in [5, 5.41) is 15.9. The summed E-state index contributed by atoms with van der Waals surface area (Å²) in [5.74, 6) is -0.871. The van der Waals surface area contributed by atoms with Crippen molar-refractivity contribution in [2.75, 3.05) is 0 Å². The molecule has 12 heteroatoms. The number of sulfone groups is 1. The number of benzene rings is 2. The maximum absolute atomic E-state index is 13.2. The number of amides is 1. The first kappa shape index (κ1) is 24.0. The zero-order chi connectivity index (χ0) is 25.2. The van der Waals surface area contributed by atoms with Crippen molar-refractivity contribution in [1.29, 1.82) is 5.26 Å². The Balaban J connectivity index is 1.63. The van der Waals surface area contributed by atoms with Crippen molar-refractivity contribution in [3.05, 3.63) is 94.9 Å². The van der Waals surface area contributed by atoms with Crippen LogP contribution in [0.25, 0.3) is 5.82 Å². The number of carbonyl (C=O) groups excluding carboxylic acids is 1. The van der Waals surface area contributed by atoms with Gasteiger partial charge in [0.05, 0.1) is 33.8 Å². The van der Waals surface area contributed by atoms with Gasteiger partial charge < -0.3 is 5.32 Å². The van der Waals surface area contributed by atoms with Crippen molar-refractivity contribution >= 4 is 27.3 Å². The van der Waals surface area contributed by atoms with Gasteiger partial charge in [0.15, 0.2) is 5.82 Å². The van der Waals surface area contributed by atoms with Crippen LogP contribution in [0.4, 0.5) is 4.39 Å². The molecule has 0 aliphatic heterocycles. The molecule has 4 rings (SSSR count). The molecule has 0 saturated carbocycles. The van der Waals surface area contributed by atoms with Crippen LogP contribution in [0.15, 0.2) is 77.0 Å². The van der Waals surface area contributed by atoms with Gasteiger partial charge in [0.1, 0.15) is 17.6 Å². The molecule has 0 fully saturated rings. The van der Waals surface area contributed by atoms with Gasteiger partial charge in [0.25, 0.3) is 5.91 Å². The van der Waals surface area contributed by atoms with E-state index in [1.807, 2.05) is 6.07 Å². The van der Waals surface area contributed by atoms with Crippen molar-refractivity contribution in [3.63, 3.8) is 0 Å². The average molecular weight is 511 g/mol. The van der Waals surface area contributed by atoms with E-state index >= 15 is 0 Å². The van der Waals surface area contributed by atoms with Crippen LogP contribution in [0.5, 0.6) is 0 Å². The first-order valence-electron chi connectivity index (χ1n) is 10.1. The third-order valence-electron chi connectivity index (χ3n) is 4.96. The highest BCUT2D eigenvalue weighted by atomic mass is 35.5. The Morgan fingerprint density at radius 1 is 1.14 bits per heavy atom. The summed E-state index contributed by atoms with van der Waals surface area (Å²) in [6, 6.07) is 9.38. The lowest BCUT2D eigenvalue weighted by Crippen LogP contribution is -2.28. The Morgan fingerprint density at radius 2 is 1.86 bits per heavy atom. The minimum absolute atomic E-state index is 0.00123. The molecule has 1 amide bonds. The Morgan fingerprint density at radius 3 is 2.54 bits per heavy atom. The molecule has 0 aliphatic rings. The number of hydrogen-bond donors (Lipinski definition) is 1. The minimum atomic E-state index is -4.05. The molecule has 1 atom stereocenters. The van der Waals surface area contributed by atoms with Crippen molar-refractivity contribution in [2.24, 2.45) is 0 Å². The summed E-state index contributed by atoms with van der Waals surface area (Å²) in [5.41, 5.74) is 0.697. The second-order valence-electron chi connectivity index (χ2n) is 7.38. The summed E-state index contributed by atoms with van der Waals surface area (Å²) in [7, 11) is -4.05. The molecule has 2 aromatic heterocycles. The predicted molar refractivity (Wildman–Crippen MR) is 123 cm³/mol. The first-order chi connectivity index (χ1) is 16.7. The molecule has 0 saturated heterocycles. The van der Waals surface area contributed by atoms with E-state index < -0.39 is 27.6 Å². The van der Waals surface area contributed by atoms with Crippen molar-refractivity contribution in [1.82, 2.24) is 25.1 Å². The minimum Gasteiger partial charge on any atom is -0.344 e. The second-order valence-corrected chi connectivity index (χ2v) is 9.76. The van der Waals surface area contributed by atoms with E-state index in [1.165, 1.54) is 47.7 Å². The summed E-state index contributed by atoms with van der Waals surface area (Å²) in [4.78, 5) is 21.2. The largest absolute Gasteiger partial charge is 0.344 e. The molecule has 35 heavy (non-hydrogen) atoms. The van der Waals surface area contributed by atoms with E-state index in [-0.39, 0.29) is 20.4 Å². The van der Waals surface area contributed by atoms with Crippen LogP contribution in [0, 0.1) is 17.1 Å². The summed E-state index contributed by atoms with van der Waals surface area (Å²) < 4.78 is 40.6. The fraction of sp³-hybridized carbons (Fsp3) is 0.0870. The van der Waals surface area contributed by atoms with E-state index in [1.54, 1.807) is 6.92 Å². The van der Waals surface area contributed by atoms with Crippen LogP contribution in [-0.2, 0) is 9.84 Å². The van der Waals surface area contributed by atoms with Gasteiger partial charge >= 0.3 is 0 Å². The lowest BCUT2D eigenvalue weighted by atomic mass is 10.1. The summed E-state index contributed by atoms with van der Waals surface area (Å²) in [6.45, 7) is 1.67. The normalized spacial score (nSPS) is 12.1. The molecule has 176 valence electrons. The molecule has 1 unspecified atom stereocenters. The number of halogens is 2. The number of aromatic nitrogens is 4. The van der Waals surface area contributed by atoms with Crippen molar-refractivity contribution in [3.8, 4) is 11.9 Å². The molecule has 9 nitrogen and oxygen atoms in total. The fourth-order valence-electron chi connectivity index (χ4n) is 3.27. The van der Waals surface area contributed by atoms with Gasteiger partial charge in [-0.1, -0.05) is 11.6 Å². The van der Waals surface area contributed by atoms with Crippen LogP contribution in [-0.4, -0.2) is 34.1 Å².